The first-order valence-corrected chi connectivity index (χ1v) is 10.3. The number of hydrogen-bond acceptors (Lipinski definition) is 5. The fourth-order valence-electron chi connectivity index (χ4n) is 3.82. The van der Waals surface area contributed by atoms with Crippen molar-refractivity contribution in [2.45, 2.75) is 25.5 Å². The molecular formula is C22H26F2N4O3. The van der Waals surface area contributed by atoms with Gasteiger partial charge in [0.1, 0.15) is 5.75 Å². The van der Waals surface area contributed by atoms with Gasteiger partial charge in [-0.05, 0) is 42.7 Å². The number of hydrogen-bond donors (Lipinski definition) is 2. The summed E-state index contributed by atoms with van der Waals surface area (Å²) in [4.78, 5) is 6.35. The molecule has 1 unspecified atom stereocenters. The minimum Gasteiger partial charge on any atom is -0.454 e. The standard InChI is InChI=1S/C22H26F2N4O3/c1-25-22(26-10-8-15-6-7-19-20(12-15)30-14-29-19)27-16-9-11-28(13-16)17-4-2-3-5-18(17)31-21(23)24/h2-7,12,16,21H,8-11,13-14H2,1H3,(H2,25,26,27). The molecule has 2 N–H and O–H groups in total. The number of ether oxygens (including phenoxy) is 3. The molecule has 2 aromatic rings. The van der Waals surface area contributed by atoms with Crippen LogP contribution in [0.25, 0.3) is 0 Å². The van der Waals surface area contributed by atoms with E-state index >= 15 is 0 Å². The van der Waals surface area contributed by atoms with Gasteiger partial charge in [-0.15, -0.1) is 0 Å². The van der Waals surface area contributed by atoms with Crippen molar-refractivity contribution in [1.29, 1.82) is 0 Å². The molecule has 0 saturated carbocycles. The Labute approximate surface area is 180 Å². The van der Waals surface area contributed by atoms with Gasteiger partial charge in [-0.2, -0.15) is 8.78 Å². The summed E-state index contributed by atoms with van der Waals surface area (Å²) in [7, 11) is 1.73. The number of aliphatic imine (C=N–C) groups is 1. The highest BCUT2D eigenvalue weighted by molar-refractivity contribution is 5.80. The zero-order valence-corrected chi connectivity index (χ0v) is 17.3. The molecule has 0 spiro atoms. The molecule has 2 heterocycles. The minimum absolute atomic E-state index is 0.149. The lowest BCUT2D eigenvalue weighted by Gasteiger charge is -2.22. The molecule has 0 amide bonds. The van der Waals surface area contributed by atoms with E-state index in [1.165, 1.54) is 0 Å². The van der Waals surface area contributed by atoms with Crippen molar-refractivity contribution in [2.75, 3.05) is 38.4 Å². The SMILES string of the molecule is CN=C(NCCc1ccc2c(c1)OCO2)NC1CCN(c2ccccc2OC(F)F)C1. The summed E-state index contributed by atoms with van der Waals surface area (Å²) < 4.78 is 40.8. The van der Waals surface area contributed by atoms with Crippen LogP contribution in [0, 0.1) is 0 Å². The topological polar surface area (TPSA) is 67.4 Å². The maximum absolute atomic E-state index is 12.7. The van der Waals surface area contributed by atoms with Gasteiger partial charge in [0.05, 0.1) is 5.69 Å². The summed E-state index contributed by atoms with van der Waals surface area (Å²) in [6, 6.07) is 13.0. The number of guanidine groups is 1. The van der Waals surface area contributed by atoms with Crippen LogP contribution in [-0.4, -0.2) is 52.1 Å². The number of anilines is 1. The molecule has 9 heteroatoms. The van der Waals surface area contributed by atoms with Crippen LogP contribution in [0.4, 0.5) is 14.5 Å². The van der Waals surface area contributed by atoms with Crippen molar-refractivity contribution in [1.82, 2.24) is 10.6 Å². The largest absolute Gasteiger partial charge is 0.454 e. The summed E-state index contributed by atoms with van der Waals surface area (Å²) >= 11 is 0. The highest BCUT2D eigenvalue weighted by atomic mass is 19.3. The van der Waals surface area contributed by atoms with Gasteiger partial charge in [0, 0.05) is 32.7 Å². The van der Waals surface area contributed by atoms with Crippen LogP contribution < -0.4 is 29.7 Å². The highest BCUT2D eigenvalue weighted by Gasteiger charge is 2.26. The number of benzene rings is 2. The van der Waals surface area contributed by atoms with Crippen molar-refractivity contribution >= 4 is 11.6 Å². The first kappa shape index (κ1) is 21.0. The third kappa shape index (κ3) is 5.28. The molecule has 1 saturated heterocycles. The number of nitrogens with one attached hydrogen (secondary N) is 2. The number of alkyl halides is 2. The maximum atomic E-state index is 12.7. The summed E-state index contributed by atoms with van der Waals surface area (Å²) in [5, 5.41) is 6.75. The van der Waals surface area contributed by atoms with Gasteiger partial charge in [0.15, 0.2) is 17.5 Å². The minimum atomic E-state index is -2.84. The molecule has 0 aromatic heterocycles. The second-order valence-corrected chi connectivity index (χ2v) is 7.36. The predicted molar refractivity (Wildman–Crippen MR) is 114 cm³/mol. The molecule has 1 fully saturated rings. The fourth-order valence-corrected chi connectivity index (χ4v) is 3.82. The molecule has 31 heavy (non-hydrogen) atoms. The van der Waals surface area contributed by atoms with E-state index in [1.807, 2.05) is 24.3 Å². The van der Waals surface area contributed by atoms with E-state index in [4.69, 9.17) is 9.47 Å². The average molecular weight is 432 g/mol. The maximum Gasteiger partial charge on any atom is 0.387 e. The summed E-state index contributed by atoms with van der Waals surface area (Å²) in [6.45, 7) is -0.446. The lowest BCUT2D eigenvalue weighted by molar-refractivity contribution is -0.0495. The van der Waals surface area contributed by atoms with Crippen molar-refractivity contribution < 1.29 is 23.0 Å². The fraction of sp³-hybridized carbons (Fsp3) is 0.409. The van der Waals surface area contributed by atoms with E-state index in [1.54, 1.807) is 25.2 Å². The third-order valence-electron chi connectivity index (χ3n) is 5.32. The number of halogens is 2. The first-order valence-electron chi connectivity index (χ1n) is 10.3. The number of para-hydroxylation sites is 2. The van der Waals surface area contributed by atoms with E-state index in [-0.39, 0.29) is 18.6 Å². The summed E-state index contributed by atoms with van der Waals surface area (Å²) in [5.74, 6) is 2.47. The van der Waals surface area contributed by atoms with E-state index < -0.39 is 6.61 Å². The second-order valence-electron chi connectivity index (χ2n) is 7.36. The van der Waals surface area contributed by atoms with Crippen molar-refractivity contribution in [3.05, 3.63) is 48.0 Å². The van der Waals surface area contributed by atoms with Crippen molar-refractivity contribution in [3.8, 4) is 17.2 Å². The van der Waals surface area contributed by atoms with E-state index in [2.05, 4.69) is 25.3 Å². The lowest BCUT2D eigenvalue weighted by atomic mass is 10.1. The normalized spacial score (nSPS) is 17.9. The van der Waals surface area contributed by atoms with E-state index in [0.29, 0.717) is 24.7 Å². The van der Waals surface area contributed by atoms with Gasteiger partial charge < -0.3 is 29.7 Å². The average Bonchev–Trinajstić information content (AvgIpc) is 3.42. The molecule has 0 aliphatic carbocycles. The van der Waals surface area contributed by atoms with Gasteiger partial charge >= 0.3 is 6.61 Å². The molecule has 1 atom stereocenters. The van der Waals surface area contributed by atoms with Crippen LogP contribution in [0.5, 0.6) is 17.2 Å². The molecule has 0 radical (unpaired) electrons. The van der Waals surface area contributed by atoms with Gasteiger partial charge in [-0.1, -0.05) is 18.2 Å². The Bertz CT molecular complexity index is 925. The van der Waals surface area contributed by atoms with Crippen molar-refractivity contribution in [2.24, 2.45) is 4.99 Å². The van der Waals surface area contributed by atoms with Gasteiger partial charge in [-0.3, -0.25) is 4.99 Å². The Morgan fingerprint density at radius 1 is 1.23 bits per heavy atom. The van der Waals surface area contributed by atoms with Crippen LogP contribution in [0.3, 0.4) is 0 Å². The number of rotatable bonds is 7. The summed E-state index contributed by atoms with van der Waals surface area (Å²) in [6.07, 6.45) is 1.68. The second kappa shape index (κ2) is 9.72. The zero-order chi connectivity index (χ0) is 21.6. The first-order chi connectivity index (χ1) is 15.1. The van der Waals surface area contributed by atoms with Crippen LogP contribution in [-0.2, 0) is 6.42 Å². The van der Waals surface area contributed by atoms with Gasteiger partial charge in [-0.25, -0.2) is 0 Å². The molecule has 166 valence electrons. The van der Waals surface area contributed by atoms with E-state index in [0.717, 1.165) is 36.4 Å². The molecule has 2 aliphatic heterocycles. The smallest absolute Gasteiger partial charge is 0.387 e. The van der Waals surface area contributed by atoms with Crippen LogP contribution >= 0.6 is 0 Å². The Morgan fingerprint density at radius 2 is 2.06 bits per heavy atom. The zero-order valence-electron chi connectivity index (χ0n) is 17.3. The number of nitrogens with zero attached hydrogens (tertiary/aromatic N) is 2. The monoisotopic (exact) mass is 432 g/mol. The molecule has 2 aromatic carbocycles. The van der Waals surface area contributed by atoms with Crippen molar-refractivity contribution in [3.63, 3.8) is 0 Å². The Hall–Kier alpha value is -3.23. The molecule has 2 aliphatic rings. The Kier molecular flexibility index (Phi) is 6.59. The van der Waals surface area contributed by atoms with Crippen LogP contribution in [0.2, 0.25) is 0 Å². The van der Waals surface area contributed by atoms with Crippen LogP contribution in [0.15, 0.2) is 47.5 Å². The number of fused-ring (bicyclic) bond motifs is 1. The Morgan fingerprint density at radius 3 is 2.90 bits per heavy atom. The molecular weight excluding hydrogens is 406 g/mol. The molecule has 0 bridgehead atoms. The third-order valence-corrected chi connectivity index (χ3v) is 5.32. The molecule has 4 rings (SSSR count). The highest BCUT2D eigenvalue weighted by Crippen LogP contribution is 2.33. The van der Waals surface area contributed by atoms with Gasteiger partial charge in [0.2, 0.25) is 6.79 Å². The lowest BCUT2D eigenvalue weighted by Crippen LogP contribution is -2.45. The predicted octanol–water partition coefficient (Wildman–Crippen LogP) is 3.00. The Balaban J connectivity index is 1.27. The van der Waals surface area contributed by atoms with Crippen LogP contribution in [0.1, 0.15) is 12.0 Å². The summed E-state index contributed by atoms with van der Waals surface area (Å²) in [5.41, 5.74) is 1.83. The van der Waals surface area contributed by atoms with E-state index in [9.17, 15) is 8.78 Å². The van der Waals surface area contributed by atoms with Gasteiger partial charge in [0.25, 0.3) is 0 Å². The molecule has 7 nitrogen and oxygen atoms in total. The quantitative estimate of drug-likeness (QED) is 0.518.